The SMILES string of the molecule is c1ccc(-c2nc(-c3ccccc3)nc(-c3cccc(-c4nc(-c5ccccc5-c5ccccc5)nc5c4sc4ccccc45)c3)n2)cc1. The molecule has 0 N–H and O–H groups in total. The van der Waals surface area contributed by atoms with Gasteiger partial charge in [-0.15, -0.1) is 11.3 Å². The van der Waals surface area contributed by atoms with Crippen LogP contribution in [-0.4, -0.2) is 24.9 Å². The van der Waals surface area contributed by atoms with Crippen molar-refractivity contribution < 1.29 is 0 Å². The molecule has 0 unspecified atom stereocenters. The number of nitrogens with zero attached hydrogens (tertiary/aromatic N) is 5. The van der Waals surface area contributed by atoms with Gasteiger partial charge in [0.25, 0.3) is 0 Å². The molecule has 0 amide bonds. The van der Waals surface area contributed by atoms with Crippen LogP contribution in [0.15, 0.2) is 164 Å². The Labute approximate surface area is 287 Å². The molecule has 0 fully saturated rings. The highest BCUT2D eigenvalue weighted by atomic mass is 32.1. The monoisotopic (exact) mass is 645 g/mol. The van der Waals surface area contributed by atoms with E-state index in [0.717, 1.165) is 60.2 Å². The molecule has 3 aromatic heterocycles. The molecule has 5 nitrogen and oxygen atoms in total. The van der Waals surface area contributed by atoms with E-state index in [1.165, 1.54) is 4.70 Å². The molecule has 0 aliphatic rings. The lowest BCUT2D eigenvalue weighted by Crippen LogP contribution is -2.00. The lowest BCUT2D eigenvalue weighted by Gasteiger charge is -2.12. The zero-order valence-corrected chi connectivity index (χ0v) is 27.0. The number of fused-ring (bicyclic) bond motifs is 3. The molecule has 9 aromatic rings. The first-order chi connectivity index (χ1) is 24.3. The Balaban J connectivity index is 1.25. The van der Waals surface area contributed by atoms with Gasteiger partial charge in [0.1, 0.15) is 0 Å². The highest BCUT2D eigenvalue weighted by Gasteiger charge is 2.19. The van der Waals surface area contributed by atoms with Crippen LogP contribution in [0.2, 0.25) is 0 Å². The summed E-state index contributed by atoms with van der Waals surface area (Å²) in [6, 6.07) is 55.7. The van der Waals surface area contributed by atoms with Crippen molar-refractivity contribution in [3.8, 4) is 67.9 Å². The van der Waals surface area contributed by atoms with Crippen molar-refractivity contribution in [2.75, 3.05) is 0 Å². The van der Waals surface area contributed by atoms with E-state index >= 15 is 0 Å². The molecule has 0 spiro atoms. The maximum atomic E-state index is 5.33. The first-order valence-corrected chi connectivity index (χ1v) is 16.9. The molecular weight excluding hydrogens is 619 g/mol. The number of hydrogen-bond acceptors (Lipinski definition) is 6. The second-order valence-corrected chi connectivity index (χ2v) is 12.8. The molecular formula is C43H27N5S. The molecule has 9 rings (SSSR count). The fourth-order valence-electron chi connectivity index (χ4n) is 6.20. The minimum atomic E-state index is 0.603. The van der Waals surface area contributed by atoms with E-state index in [1.54, 1.807) is 11.3 Å². The van der Waals surface area contributed by atoms with Gasteiger partial charge in [0.2, 0.25) is 0 Å². The van der Waals surface area contributed by atoms with Gasteiger partial charge < -0.3 is 0 Å². The van der Waals surface area contributed by atoms with Crippen molar-refractivity contribution in [1.29, 1.82) is 0 Å². The van der Waals surface area contributed by atoms with Crippen LogP contribution in [0.25, 0.3) is 88.2 Å². The van der Waals surface area contributed by atoms with Gasteiger partial charge in [0.05, 0.1) is 15.9 Å². The van der Waals surface area contributed by atoms with Crippen molar-refractivity contribution in [1.82, 2.24) is 24.9 Å². The number of hydrogen-bond donors (Lipinski definition) is 0. The smallest absolute Gasteiger partial charge is 0.164 e. The molecule has 0 atom stereocenters. The summed E-state index contributed by atoms with van der Waals surface area (Å²) >= 11 is 1.72. The van der Waals surface area contributed by atoms with Gasteiger partial charge >= 0.3 is 0 Å². The van der Waals surface area contributed by atoms with E-state index in [0.29, 0.717) is 23.3 Å². The molecule has 0 bridgehead atoms. The Morgan fingerprint density at radius 2 is 0.857 bits per heavy atom. The first-order valence-electron chi connectivity index (χ1n) is 16.1. The summed E-state index contributed by atoms with van der Waals surface area (Å²) in [6.07, 6.45) is 0. The maximum Gasteiger partial charge on any atom is 0.164 e. The molecule has 0 aliphatic carbocycles. The summed E-state index contributed by atoms with van der Waals surface area (Å²) in [5.74, 6) is 2.55. The number of thiophene rings is 1. The zero-order chi connectivity index (χ0) is 32.6. The average molecular weight is 646 g/mol. The molecule has 6 aromatic carbocycles. The molecule has 0 saturated carbocycles. The first kappa shape index (κ1) is 28.8. The van der Waals surface area contributed by atoms with E-state index in [2.05, 4.69) is 97.1 Å². The second kappa shape index (κ2) is 12.3. The highest BCUT2D eigenvalue weighted by Crippen LogP contribution is 2.41. The third-order valence-electron chi connectivity index (χ3n) is 8.57. The second-order valence-electron chi connectivity index (χ2n) is 11.7. The topological polar surface area (TPSA) is 64.5 Å². The predicted molar refractivity (Wildman–Crippen MR) is 201 cm³/mol. The Kier molecular flexibility index (Phi) is 7.26. The van der Waals surface area contributed by atoms with Gasteiger partial charge in [-0.1, -0.05) is 152 Å². The Bertz CT molecular complexity index is 2540. The van der Waals surface area contributed by atoms with Crippen molar-refractivity contribution in [3.05, 3.63) is 164 Å². The van der Waals surface area contributed by atoms with E-state index in [4.69, 9.17) is 24.9 Å². The molecule has 230 valence electrons. The lowest BCUT2D eigenvalue weighted by molar-refractivity contribution is 1.07. The number of rotatable bonds is 6. The largest absolute Gasteiger partial charge is 0.226 e. The Hall–Kier alpha value is -6.37. The van der Waals surface area contributed by atoms with Gasteiger partial charge in [-0.05, 0) is 23.3 Å². The van der Waals surface area contributed by atoms with Gasteiger partial charge in [-0.3, -0.25) is 0 Å². The summed E-state index contributed by atoms with van der Waals surface area (Å²) in [7, 11) is 0. The van der Waals surface area contributed by atoms with Crippen LogP contribution in [0.4, 0.5) is 0 Å². The summed E-state index contributed by atoms with van der Waals surface area (Å²) in [6.45, 7) is 0. The third-order valence-corrected chi connectivity index (χ3v) is 9.73. The van der Waals surface area contributed by atoms with Crippen molar-refractivity contribution >= 4 is 31.6 Å². The van der Waals surface area contributed by atoms with E-state index in [1.807, 2.05) is 66.7 Å². The normalized spacial score (nSPS) is 11.3. The van der Waals surface area contributed by atoms with E-state index in [9.17, 15) is 0 Å². The van der Waals surface area contributed by atoms with Gasteiger partial charge in [0, 0.05) is 37.9 Å². The summed E-state index contributed by atoms with van der Waals surface area (Å²) in [4.78, 5) is 25.4. The zero-order valence-electron chi connectivity index (χ0n) is 26.2. The molecule has 0 radical (unpaired) electrons. The van der Waals surface area contributed by atoms with E-state index in [-0.39, 0.29) is 0 Å². The Morgan fingerprint density at radius 1 is 0.347 bits per heavy atom. The van der Waals surface area contributed by atoms with Crippen LogP contribution in [-0.2, 0) is 0 Å². The van der Waals surface area contributed by atoms with Gasteiger partial charge in [-0.2, -0.15) is 0 Å². The van der Waals surface area contributed by atoms with Crippen LogP contribution in [0.3, 0.4) is 0 Å². The standard InChI is InChI=1S/C43H27N5S/c1-4-15-28(16-5-1)33-23-10-11-24-34(33)43-44-37(39-38(45-43)35-25-12-13-26-36(35)49-39)31-21-14-22-32(27-31)42-47-40(29-17-6-2-7-18-29)46-41(48-42)30-19-8-3-9-20-30/h1-27H. The van der Waals surface area contributed by atoms with Crippen molar-refractivity contribution in [3.63, 3.8) is 0 Å². The molecule has 49 heavy (non-hydrogen) atoms. The van der Waals surface area contributed by atoms with Gasteiger partial charge in [0.15, 0.2) is 23.3 Å². The van der Waals surface area contributed by atoms with Crippen LogP contribution < -0.4 is 0 Å². The minimum absolute atomic E-state index is 0.603. The average Bonchev–Trinajstić information content (AvgIpc) is 3.57. The number of benzene rings is 6. The predicted octanol–water partition coefficient (Wildman–Crippen LogP) is 11.0. The Morgan fingerprint density at radius 3 is 1.53 bits per heavy atom. The summed E-state index contributed by atoms with van der Waals surface area (Å²) in [5.41, 5.74) is 8.76. The summed E-state index contributed by atoms with van der Waals surface area (Å²) in [5, 5.41) is 1.12. The van der Waals surface area contributed by atoms with Crippen LogP contribution in [0.5, 0.6) is 0 Å². The summed E-state index contributed by atoms with van der Waals surface area (Å²) < 4.78 is 2.22. The molecule has 0 saturated heterocycles. The van der Waals surface area contributed by atoms with Crippen LogP contribution in [0, 0.1) is 0 Å². The van der Waals surface area contributed by atoms with Crippen LogP contribution in [0.1, 0.15) is 0 Å². The minimum Gasteiger partial charge on any atom is -0.226 e. The van der Waals surface area contributed by atoms with Crippen LogP contribution >= 0.6 is 11.3 Å². The molecule has 6 heteroatoms. The molecule has 0 aliphatic heterocycles. The molecule has 3 heterocycles. The third kappa shape index (κ3) is 5.44. The lowest BCUT2D eigenvalue weighted by atomic mass is 9.99. The fourth-order valence-corrected chi connectivity index (χ4v) is 7.35. The van der Waals surface area contributed by atoms with Gasteiger partial charge in [-0.25, -0.2) is 24.9 Å². The van der Waals surface area contributed by atoms with E-state index < -0.39 is 0 Å². The van der Waals surface area contributed by atoms with Crippen molar-refractivity contribution in [2.24, 2.45) is 0 Å². The van der Waals surface area contributed by atoms with Crippen molar-refractivity contribution in [2.45, 2.75) is 0 Å². The highest BCUT2D eigenvalue weighted by molar-refractivity contribution is 7.26. The quantitative estimate of drug-likeness (QED) is 0.180. The maximum absolute atomic E-state index is 5.33. The fraction of sp³-hybridized carbons (Fsp3) is 0. The number of aromatic nitrogens is 5.